The highest BCUT2D eigenvalue weighted by molar-refractivity contribution is 5.71. The molecule has 0 aromatic rings. The Labute approximate surface area is 426 Å². The Bertz CT molecular complexity index is 1380. The van der Waals surface area contributed by atoms with Gasteiger partial charge in [-0.15, -0.1) is 0 Å². The van der Waals surface area contributed by atoms with Crippen molar-refractivity contribution in [2.75, 3.05) is 13.2 Å². The van der Waals surface area contributed by atoms with E-state index in [-0.39, 0.29) is 31.1 Å². The summed E-state index contributed by atoms with van der Waals surface area (Å²) >= 11 is 0. The third-order valence-corrected chi connectivity index (χ3v) is 12.0. The van der Waals surface area contributed by atoms with Gasteiger partial charge in [-0.25, -0.2) is 0 Å². The number of carbonyl (C=O) groups excluding carboxylic acids is 3. The molecule has 1 atom stereocenters. The molecule has 0 amide bonds. The molecule has 394 valence electrons. The fourth-order valence-electron chi connectivity index (χ4n) is 7.71. The van der Waals surface area contributed by atoms with Crippen LogP contribution in [-0.4, -0.2) is 37.2 Å². The fraction of sp³-hybridized carbons (Fsp3) is 0.698. The molecular formula is C63H106O6. The topological polar surface area (TPSA) is 78.9 Å². The highest BCUT2D eigenvalue weighted by atomic mass is 16.6. The Morgan fingerprint density at radius 3 is 0.971 bits per heavy atom. The predicted molar refractivity (Wildman–Crippen MR) is 297 cm³/mol. The standard InChI is InChI=1S/C63H106O6/c1-4-7-10-13-16-19-22-24-26-28-30-31-33-34-36-38-41-44-47-50-53-56-62(65)68-59-60(58-67-61(64)55-52-49-46-43-40-21-18-15-12-9-6-3)69-63(66)57-54-51-48-45-42-39-37-35-32-29-27-25-23-20-17-14-11-8-5-2/h7,10,15-16,18-19,24-27,30-31,34,36,41,44,60H,4-6,8-9,11-14,17,20-23,28-29,32-33,35,37-40,42-43,45-59H2,1-3H3/b10-7-,18-15-,19-16-,26-24-,27-25-,31-30-,36-34-,44-41-. The highest BCUT2D eigenvalue weighted by Crippen LogP contribution is 2.15. The Kier molecular flexibility index (Phi) is 53.9. The normalized spacial score (nSPS) is 12.8. The number of ether oxygens (including phenoxy) is 3. The summed E-state index contributed by atoms with van der Waals surface area (Å²) in [6, 6.07) is 0. The average molecular weight is 960 g/mol. The minimum absolute atomic E-state index is 0.0968. The summed E-state index contributed by atoms with van der Waals surface area (Å²) in [5.74, 6) is -0.951. The van der Waals surface area contributed by atoms with Crippen molar-refractivity contribution in [3.8, 4) is 0 Å². The maximum absolute atomic E-state index is 12.9. The summed E-state index contributed by atoms with van der Waals surface area (Å²) in [7, 11) is 0. The van der Waals surface area contributed by atoms with E-state index in [0.29, 0.717) is 19.3 Å². The minimum atomic E-state index is -0.800. The lowest BCUT2D eigenvalue weighted by Crippen LogP contribution is -2.30. The van der Waals surface area contributed by atoms with Crippen molar-refractivity contribution in [3.05, 3.63) is 97.2 Å². The van der Waals surface area contributed by atoms with Crippen LogP contribution in [0.1, 0.15) is 265 Å². The van der Waals surface area contributed by atoms with Crippen LogP contribution in [0.15, 0.2) is 97.2 Å². The minimum Gasteiger partial charge on any atom is -0.462 e. The predicted octanol–water partition coefficient (Wildman–Crippen LogP) is 19.3. The number of hydrogen-bond acceptors (Lipinski definition) is 6. The maximum Gasteiger partial charge on any atom is 0.306 e. The number of esters is 3. The molecule has 0 heterocycles. The molecule has 0 saturated heterocycles. The molecular weight excluding hydrogens is 853 g/mol. The van der Waals surface area contributed by atoms with Gasteiger partial charge in [0.2, 0.25) is 0 Å². The van der Waals surface area contributed by atoms with Crippen molar-refractivity contribution >= 4 is 17.9 Å². The van der Waals surface area contributed by atoms with Gasteiger partial charge in [0.25, 0.3) is 0 Å². The lowest BCUT2D eigenvalue weighted by Gasteiger charge is -2.18. The van der Waals surface area contributed by atoms with E-state index in [1.165, 1.54) is 116 Å². The van der Waals surface area contributed by atoms with Crippen molar-refractivity contribution < 1.29 is 28.6 Å². The van der Waals surface area contributed by atoms with Crippen molar-refractivity contribution in [1.29, 1.82) is 0 Å². The zero-order valence-electron chi connectivity index (χ0n) is 45.0. The molecule has 1 unspecified atom stereocenters. The van der Waals surface area contributed by atoms with Crippen molar-refractivity contribution in [2.45, 2.75) is 271 Å². The highest BCUT2D eigenvalue weighted by Gasteiger charge is 2.19. The van der Waals surface area contributed by atoms with Gasteiger partial charge in [0.1, 0.15) is 13.2 Å². The molecule has 6 nitrogen and oxygen atoms in total. The number of carbonyl (C=O) groups is 3. The van der Waals surface area contributed by atoms with Crippen LogP contribution >= 0.6 is 0 Å². The second-order valence-corrected chi connectivity index (χ2v) is 18.8. The van der Waals surface area contributed by atoms with Gasteiger partial charge in [0, 0.05) is 19.3 Å². The summed E-state index contributed by atoms with van der Waals surface area (Å²) in [4.78, 5) is 38.1. The van der Waals surface area contributed by atoms with Gasteiger partial charge in [-0.2, -0.15) is 0 Å². The lowest BCUT2D eigenvalue weighted by atomic mass is 10.1. The summed E-state index contributed by atoms with van der Waals surface area (Å²) in [5.41, 5.74) is 0. The quantitative estimate of drug-likeness (QED) is 0.0262. The molecule has 6 heteroatoms. The first-order valence-corrected chi connectivity index (χ1v) is 28.7. The second-order valence-electron chi connectivity index (χ2n) is 18.8. The molecule has 0 aromatic heterocycles. The van der Waals surface area contributed by atoms with Crippen LogP contribution in [0.4, 0.5) is 0 Å². The van der Waals surface area contributed by atoms with Gasteiger partial charge >= 0.3 is 17.9 Å². The summed E-state index contributed by atoms with van der Waals surface area (Å²) < 4.78 is 16.8. The Morgan fingerprint density at radius 2 is 0.580 bits per heavy atom. The maximum atomic E-state index is 12.9. The first kappa shape index (κ1) is 65.3. The molecule has 0 spiro atoms. The van der Waals surface area contributed by atoms with Gasteiger partial charge in [0.15, 0.2) is 6.10 Å². The lowest BCUT2D eigenvalue weighted by molar-refractivity contribution is -0.167. The molecule has 0 aliphatic rings. The van der Waals surface area contributed by atoms with Crippen LogP contribution in [-0.2, 0) is 28.6 Å². The number of unbranched alkanes of at least 4 members (excludes halogenated alkanes) is 24. The van der Waals surface area contributed by atoms with E-state index in [4.69, 9.17) is 14.2 Å². The Balaban J connectivity index is 4.42. The summed E-state index contributed by atoms with van der Waals surface area (Å²) in [6.45, 7) is 6.44. The molecule has 69 heavy (non-hydrogen) atoms. The van der Waals surface area contributed by atoms with Crippen LogP contribution in [0, 0.1) is 0 Å². The summed E-state index contributed by atoms with van der Waals surface area (Å²) in [5, 5.41) is 0. The van der Waals surface area contributed by atoms with Gasteiger partial charge in [0.05, 0.1) is 0 Å². The zero-order valence-corrected chi connectivity index (χ0v) is 45.0. The van der Waals surface area contributed by atoms with E-state index in [9.17, 15) is 14.4 Å². The number of hydrogen-bond donors (Lipinski definition) is 0. The molecule has 0 bridgehead atoms. The molecule has 0 N–H and O–H groups in total. The van der Waals surface area contributed by atoms with Crippen LogP contribution in [0.2, 0.25) is 0 Å². The largest absolute Gasteiger partial charge is 0.462 e. The molecule has 0 aliphatic heterocycles. The van der Waals surface area contributed by atoms with Crippen molar-refractivity contribution in [1.82, 2.24) is 0 Å². The van der Waals surface area contributed by atoms with E-state index in [0.717, 1.165) is 109 Å². The molecule has 0 aromatic carbocycles. The van der Waals surface area contributed by atoms with Gasteiger partial charge in [-0.05, 0) is 116 Å². The van der Waals surface area contributed by atoms with Gasteiger partial charge in [-0.3, -0.25) is 14.4 Å². The first-order valence-electron chi connectivity index (χ1n) is 28.7. The van der Waals surface area contributed by atoms with E-state index in [2.05, 4.69) is 118 Å². The van der Waals surface area contributed by atoms with Gasteiger partial charge in [-0.1, -0.05) is 227 Å². The molecule has 0 aliphatic carbocycles. The van der Waals surface area contributed by atoms with E-state index in [1.807, 2.05) is 0 Å². The summed E-state index contributed by atoms with van der Waals surface area (Å²) in [6.07, 6.45) is 75.4. The van der Waals surface area contributed by atoms with E-state index < -0.39 is 6.10 Å². The van der Waals surface area contributed by atoms with Gasteiger partial charge < -0.3 is 14.2 Å². The molecule has 0 radical (unpaired) electrons. The van der Waals surface area contributed by atoms with E-state index >= 15 is 0 Å². The zero-order chi connectivity index (χ0) is 50.0. The molecule has 0 rings (SSSR count). The van der Waals surface area contributed by atoms with E-state index in [1.54, 1.807) is 0 Å². The molecule has 0 fully saturated rings. The van der Waals surface area contributed by atoms with Crippen molar-refractivity contribution in [2.24, 2.45) is 0 Å². The smallest absolute Gasteiger partial charge is 0.306 e. The first-order chi connectivity index (χ1) is 34.0. The van der Waals surface area contributed by atoms with Crippen molar-refractivity contribution in [3.63, 3.8) is 0 Å². The van der Waals surface area contributed by atoms with Crippen LogP contribution in [0.5, 0.6) is 0 Å². The van der Waals surface area contributed by atoms with Crippen LogP contribution in [0.3, 0.4) is 0 Å². The van der Waals surface area contributed by atoms with Crippen LogP contribution < -0.4 is 0 Å². The third-order valence-electron chi connectivity index (χ3n) is 12.0. The fourth-order valence-corrected chi connectivity index (χ4v) is 7.71. The Morgan fingerprint density at radius 1 is 0.304 bits per heavy atom. The average Bonchev–Trinajstić information content (AvgIpc) is 3.35. The second kappa shape index (κ2) is 56.9. The SMILES string of the molecule is CC/C=C\C/C=C\C/C=C\C/C=C\C/C=C\C/C=C\CCCCC(=O)OCC(COC(=O)CCCCCCC/C=C\CCCC)OC(=O)CCCCCCCCCCC/C=C\CCCCCCCC. The number of rotatable bonds is 51. The number of allylic oxidation sites excluding steroid dienone is 16. The Hall–Kier alpha value is -3.67. The van der Waals surface area contributed by atoms with Crippen LogP contribution in [0.25, 0.3) is 0 Å². The monoisotopic (exact) mass is 959 g/mol. The third kappa shape index (κ3) is 55.1. The molecule has 0 saturated carbocycles.